The highest BCUT2D eigenvalue weighted by Crippen LogP contribution is 2.29. The van der Waals surface area contributed by atoms with Gasteiger partial charge in [0.2, 0.25) is 0 Å². The zero-order valence-corrected chi connectivity index (χ0v) is 20.8. The summed E-state index contributed by atoms with van der Waals surface area (Å²) in [4.78, 5) is 12.5. The van der Waals surface area contributed by atoms with Crippen molar-refractivity contribution >= 4 is 23.4 Å². The van der Waals surface area contributed by atoms with E-state index in [1.165, 1.54) is 11.8 Å². The largest absolute Gasteiger partial charge is 0.507 e. The van der Waals surface area contributed by atoms with E-state index in [-0.39, 0.29) is 17.4 Å². The van der Waals surface area contributed by atoms with E-state index < -0.39 is 0 Å². The summed E-state index contributed by atoms with van der Waals surface area (Å²) in [5.74, 6) is 1.93. The number of thioether (sulfide) groups is 1. The first-order chi connectivity index (χ1) is 17.5. The second-order valence-electron chi connectivity index (χ2n) is 7.61. The van der Waals surface area contributed by atoms with Crippen LogP contribution in [0.25, 0.3) is 17.1 Å². The Morgan fingerprint density at radius 1 is 0.972 bits per heavy atom. The van der Waals surface area contributed by atoms with Crippen molar-refractivity contribution in [2.24, 2.45) is 5.10 Å². The van der Waals surface area contributed by atoms with Crippen molar-refractivity contribution < 1.29 is 19.4 Å². The molecular formula is C26H25N5O4S. The van der Waals surface area contributed by atoms with Gasteiger partial charge in [-0.25, -0.2) is 5.43 Å². The van der Waals surface area contributed by atoms with E-state index in [0.717, 1.165) is 22.7 Å². The van der Waals surface area contributed by atoms with Crippen LogP contribution in [0.5, 0.6) is 17.2 Å². The highest BCUT2D eigenvalue weighted by atomic mass is 32.2. The Morgan fingerprint density at radius 3 is 2.25 bits per heavy atom. The predicted octanol–water partition coefficient (Wildman–Crippen LogP) is 4.29. The number of methoxy groups -OCH3 is 2. The van der Waals surface area contributed by atoms with Crippen LogP contribution < -0.4 is 14.9 Å². The number of amides is 1. The minimum atomic E-state index is -0.315. The molecule has 0 spiro atoms. The molecule has 0 fully saturated rings. The van der Waals surface area contributed by atoms with Crippen molar-refractivity contribution in [1.29, 1.82) is 0 Å². The first kappa shape index (κ1) is 24.8. The molecule has 4 aromatic rings. The lowest BCUT2D eigenvalue weighted by Crippen LogP contribution is -2.21. The maximum Gasteiger partial charge on any atom is 0.250 e. The third kappa shape index (κ3) is 5.66. The van der Waals surface area contributed by atoms with Crippen LogP contribution in [0.3, 0.4) is 0 Å². The number of hydrazone groups is 1. The second kappa shape index (κ2) is 11.4. The first-order valence-electron chi connectivity index (χ1n) is 11.0. The number of para-hydroxylation sites is 1. The number of aromatic nitrogens is 3. The molecule has 0 aliphatic rings. The molecule has 1 aromatic heterocycles. The number of ether oxygens (including phenoxy) is 2. The maximum absolute atomic E-state index is 12.5. The minimum Gasteiger partial charge on any atom is -0.507 e. The van der Waals surface area contributed by atoms with E-state index in [4.69, 9.17) is 9.47 Å². The van der Waals surface area contributed by atoms with E-state index in [9.17, 15) is 9.90 Å². The van der Waals surface area contributed by atoms with Gasteiger partial charge in [-0.2, -0.15) is 5.10 Å². The van der Waals surface area contributed by atoms with Crippen molar-refractivity contribution in [3.63, 3.8) is 0 Å². The lowest BCUT2D eigenvalue weighted by molar-refractivity contribution is -0.118. The number of aromatic hydroxyl groups is 1. The molecule has 0 saturated heterocycles. The van der Waals surface area contributed by atoms with Crippen LogP contribution in [0, 0.1) is 0 Å². The predicted molar refractivity (Wildman–Crippen MR) is 139 cm³/mol. The van der Waals surface area contributed by atoms with Gasteiger partial charge in [0.15, 0.2) is 11.0 Å². The smallest absolute Gasteiger partial charge is 0.250 e. The quantitative estimate of drug-likeness (QED) is 0.199. The van der Waals surface area contributed by atoms with Gasteiger partial charge in [-0.05, 0) is 67.6 Å². The van der Waals surface area contributed by atoms with Crippen LogP contribution in [0.4, 0.5) is 0 Å². The number of carbonyl (C=O) groups is 1. The number of rotatable bonds is 9. The maximum atomic E-state index is 12.5. The summed E-state index contributed by atoms with van der Waals surface area (Å²) in [7, 11) is 3.22. The number of phenols is 1. The highest BCUT2D eigenvalue weighted by molar-refractivity contribution is 7.99. The summed E-state index contributed by atoms with van der Waals surface area (Å²) in [6, 6.07) is 21.8. The van der Waals surface area contributed by atoms with E-state index in [1.807, 2.05) is 53.1 Å². The van der Waals surface area contributed by atoms with Gasteiger partial charge in [-0.1, -0.05) is 23.9 Å². The van der Waals surface area contributed by atoms with E-state index in [1.54, 1.807) is 45.4 Å². The Hall–Kier alpha value is -4.31. The molecule has 2 N–H and O–H groups in total. The Kier molecular flexibility index (Phi) is 7.86. The molecule has 3 aromatic carbocycles. The van der Waals surface area contributed by atoms with Crippen LogP contribution in [-0.2, 0) is 4.79 Å². The van der Waals surface area contributed by atoms with Crippen LogP contribution in [-0.4, -0.2) is 51.5 Å². The third-order valence-corrected chi connectivity index (χ3v) is 6.22. The molecule has 0 radical (unpaired) electrons. The van der Waals surface area contributed by atoms with Crippen molar-refractivity contribution in [2.45, 2.75) is 12.1 Å². The van der Waals surface area contributed by atoms with Crippen molar-refractivity contribution in [3.8, 4) is 34.3 Å². The van der Waals surface area contributed by atoms with Crippen molar-refractivity contribution in [2.75, 3.05) is 20.0 Å². The number of benzene rings is 3. The highest BCUT2D eigenvalue weighted by Gasteiger charge is 2.18. The monoisotopic (exact) mass is 503 g/mol. The van der Waals surface area contributed by atoms with E-state index in [2.05, 4.69) is 20.7 Å². The molecule has 0 aliphatic heterocycles. The van der Waals surface area contributed by atoms with Gasteiger partial charge >= 0.3 is 0 Å². The average Bonchev–Trinajstić information content (AvgIpc) is 3.34. The molecule has 1 heterocycles. The molecule has 0 bridgehead atoms. The number of phenolic OH excluding ortho intramolecular Hbond substituents is 1. The van der Waals surface area contributed by atoms with Gasteiger partial charge in [-0.15, -0.1) is 10.2 Å². The van der Waals surface area contributed by atoms with E-state index in [0.29, 0.717) is 22.3 Å². The number of hydrogen-bond donors (Lipinski definition) is 2. The van der Waals surface area contributed by atoms with Crippen molar-refractivity contribution in [1.82, 2.24) is 20.2 Å². The molecule has 0 saturated carbocycles. The molecule has 1 amide bonds. The SMILES string of the molecule is COc1ccc(-c2nnc(SCC(=O)N/N=C(\C)c3ccccc3O)n2-c2ccc(OC)cc2)cc1. The summed E-state index contributed by atoms with van der Waals surface area (Å²) < 4.78 is 12.4. The molecule has 0 atom stereocenters. The summed E-state index contributed by atoms with van der Waals surface area (Å²) in [5.41, 5.74) is 5.25. The lowest BCUT2D eigenvalue weighted by Gasteiger charge is -2.11. The summed E-state index contributed by atoms with van der Waals surface area (Å²) in [6.07, 6.45) is 0. The van der Waals surface area contributed by atoms with Gasteiger partial charge in [0.05, 0.1) is 25.7 Å². The molecule has 36 heavy (non-hydrogen) atoms. The van der Waals surface area contributed by atoms with Crippen LogP contribution in [0.1, 0.15) is 12.5 Å². The van der Waals surface area contributed by atoms with Crippen LogP contribution in [0.15, 0.2) is 83.1 Å². The molecule has 184 valence electrons. The molecule has 0 aliphatic carbocycles. The van der Waals surface area contributed by atoms with Crippen LogP contribution in [0.2, 0.25) is 0 Å². The minimum absolute atomic E-state index is 0.0639. The first-order valence-corrected chi connectivity index (χ1v) is 12.0. The second-order valence-corrected chi connectivity index (χ2v) is 8.55. The van der Waals surface area contributed by atoms with Gasteiger partial charge in [0, 0.05) is 16.8 Å². The van der Waals surface area contributed by atoms with E-state index >= 15 is 0 Å². The number of carbonyl (C=O) groups excluding carboxylic acids is 1. The number of nitrogens with one attached hydrogen (secondary N) is 1. The van der Waals surface area contributed by atoms with Crippen molar-refractivity contribution in [3.05, 3.63) is 78.4 Å². The number of hydrogen-bond acceptors (Lipinski definition) is 8. The summed E-state index contributed by atoms with van der Waals surface area (Å²) in [5, 5.41) is 23.4. The van der Waals surface area contributed by atoms with Gasteiger partial charge in [0.1, 0.15) is 17.2 Å². The third-order valence-electron chi connectivity index (χ3n) is 5.29. The molecule has 4 rings (SSSR count). The molecule has 10 heteroatoms. The number of nitrogens with zero attached hydrogens (tertiary/aromatic N) is 4. The fourth-order valence-electron chi connectivity index (χ4n) is 3.40. The molecule has 0 unspecified atom stereocenters. The lowest BCUT2D eigenvalue weighted by atomic mass is 10.1. The molecule has 9 nitrogen and oxygen atoms in total. The Labute approximate surface area is 212 Å². The van der Waals surface area contributed by atoms with Gasteiger partial charge < -0.3 is 14.6 Å². The zero-order valence-electron chi connectivity index (χ0n) is 20.0. The van der Waals surface area contributed by atoms with Crippen LogP contribution >= 0.6 is 11.8 Å². The Morgan fingerprint density at radius 2 is 1.61 bits per heavy atom. The van der Waals surface area contributed by atoms with Gasteiger partial charge in [-0.3, -0.25) is 9.36 Å². The Bertz CT molecular complexity index is 1370. The van der Waals surface area contributed by atoms with Gasteiger partial charge in [0.25, 0.3) is 5.91 Å². The zero-order chi connectivity index (χ0) is 25.5. The fourth-order valence-corrected chi connectivity index (χ4v) is 4.15. The summed E-state index contributed by atoms with van der Waals surface area (Å²) in [6.45, 7) is 1.71. The fraction of sp³-hybridized carbons (Fsp3) is 0.154. The standard InChI is InChI=1S/C26H25N5O4S/c1-17(22-6-4-5-7-23(22)32)27-28-24(33)16-36-26-30-29-25(18-8-12-20(34-2)13-9-18)31(26)19-10-14-21(35-3)15-11-19/h4-15,32H,16H2,1-3H3,(H,28,33)/b27-17+. The topological polar surface area (TPSA) is 111 Å². The summed E-state index contributed by atoms with van der Waals surface area (Å²) >= 11 is 1.24. The molecular weight excluding hydrogens is 478 g/mol. The Balaban J connectivity index is 1.55. The normalized spacial score (nSPS) is 11.2. The average molecular weight is 504 g/mol.